The van der Waals surface area contributed by atoms with Crippen molar-refractivity contribution < 1.29 is 100 Å². The van der Waals surface area contributed by atoms with Crippen LogP contribution in [0.4, 0.5) is 0 Å². The van der Waals surface area contributed by atoms with Gasteiger partial charge in [0.25, 0.3) is 18.6 Å². The van der Waals surface area contributed by atoms with E-state index in [4.69, 9.17) is 25.3 Å². The van der Waals surface area contributed by atoms with Crippen LogP contribution < -0.4 is 0 Å². The maximum absolute atomic E-state index is 12.5. The summed E-state index contributed by atoms with van der Waals surface area (Å²) in [4.78, 5) is 24.6. The zero-order valence-corrected chi connectivity index (χ0v) is 52.2. The molecule has 0 amide bonds. The molecule has 8 nitrogen and oxygen atoms in total. The van der Waals surface area contributed by atoms with Crippen LogP contribution in [0.15, 0.2) is 121 Å². The molecule has 4 rings (SSSR count). The Morgan fingerprint density at radius 2 is 0.885 bits per heavy atom. The second kappa shape index (κ2) is 34.8. The van der Waals surface area contributed by atoms with Gasteiger partial charge in [-0.15, -0.1) is 0 Å². The van der Waals surface area contributed by atoms with Crippen LogP contribution in [0, 0.1) is 14.9 Å². The molecule has 0 saturated carbocycles. The Kier molecular flexibility index (Phi) is 38.3. The molecule has 4 aromatic rings. The summed E-state index contributed by atoms with van der Waals surface area (Å²) in [6, 6.07) is 38.7. The van der Waals surface area contributed by atoms with Gasteiger partial charge in [-0.3, -0.25) is 9.59 Å². The predicted molar refractivity (Wildman–Crippen MR) is 263 cm³/mol. The largest absolute Gasteiger partial charge is 0.439 e. The molecule has 334 valence electrons. The SMILES string of the molecule is CC(C(=O)c1ccccc1)c1ccccc1.CC(C)(C(=O)c1ccccc1)c1ccccc1.CO[Si](C)(C)O[SiH](C)O[Si](C)C.CO[Si](C)(C)O[SiH](C)O[Si](C)C.[CH3-].[CH3-].[Y].[Y]. The monoisotopic (exact) mass is 1090 g/mol. The molecule has 0 fully saturated rings. The van der Waals surface area contributed by atoms with Gasteiger partial charge in [-0.1, -0.05) is 128 Å². The van der Waals surface area contributed by atoms with Gasteiger partial charge in [-0.05, 0) is 90.4 Å². The molecule has 0 bridgehead atoms. The summed E-state index contributed by atoms with van der Waals surface area (Å²) in [7, 11) is -4.36. The number of carbonyl (C=O) groups is 2. The predicted octanol–water partition coefficient (Wildman–Crippen LogP) is 11.4. The first-order chi connectivity index (χ1) is 26.7. The molecule has 16 heteroatoms. The third-order valence-corrected chi connectivity index (χ3v) is 24.1. The molecule has 0 aliphatic heterocycles. The van der Waals surface area contributed by atoms with Gasteiger partial charge in [0.05, 0.1) is 5.41 Å². The van der Waals surface area contributed by atoms with Crippen molar-refractivity contribution >= 4 is 65.3 Å². The molecule has 0 aromatic heterocycles. The Balaban J connectivity index is -0.000000352. The van der Waals surface area contributed by atoms with E-state index in [0.29, 0.717) is 0 Å². The molecule has 0 saturated heterocycles. The van der Waals surface area contributed by atoms with E-state index >= 15 is 0 Å². The van der Waals surface area contributed by atoms with Gasteiger partial charge in [0, 0.05) is 96.7 Å². The first-order valence-corrected chi connectivity index (χ1v) is 34.0. The van der Waals surface area contributed by atoms with Gasteiger partial charge in [0.2, 0.25) is 0 Å². The number of hydrogen-bond donors (Lipinski definition) is 0. The van der Waals surface area contributed by atoms with Gasteiger partial charge in [-0.25, -0.2) is 0 Å². The van der Waals surface area contributed by atoms with Crippen LogP contribution in [-0.2, 0) is 96.1 Å². The quantitative estimate of drug-likeness (QED) is 0.0623. The number of carbonyl (C=O) groups excluding carboxylic acids is 2. The van der Waals surface area contributed by atoms with E-state index in [1.807, 2.05) is 168 Å². The minimum absolute atomic E-state index is 0. The number of ketones is 2. The maximum Gasteiger partial charge on any atom is 0.322 e. The first kappa shape index (κ1) is 67.1. The first-order valence-electron chi connectivity index (χ1n) is 19.3. The van der Waals surface area contributed by atoms with Crippen molar-refractivity contribution in [3.63, 3.8) is 0 Å². The summed E-state index contributed by atoms with van der Waals surface area (Å²) in [5.41, 5.74) is 3.17. The van der Waals surface area contributed by atoms with E-state index in [-0.39, 0.29) is 97.8 Å². The average Bonchev–Trinajstić information content (AvgIpc) is 3.18. The standard InChI is InChI=1S/C16H16O.C15H14O.2C6H19O3Si3.2CH3.2Y/c1-16(2,14-11-7-4-8-12-14)15(17)13-9-5-3-6-10-13;1-12(13-8-4-2-5-9-13)15(16)14-10-6-3-7-11-14;2*1-7-12(5,6)9-11(4)8-10(2)3;;;;/h3-12H,1-2H3;2-12H,1H3;2*11H,1-6H3;2*1H3;;/q;;;;2*-1;;. The summed E-state index contributed by atoms with van der Waals surface area (Å²) < 4.78 is 33.4. The van der Waals surface area contributed by atoms with Crippen LogP contribution in [0.3, 0.4) is 0 Å². The molecule has 0 N–H and O–H groups in total. The van der Waals surface area contributed by atoms with Crippen LogP contribution in [0.25, 0.3) is 0 Å². The fourth-order valence-electron chi connectivity index (χ4n) is 5.29. The molecule has 0 aliphatic rings. The molecule has 4 aromatic carbocycles. The molecular weight excluding hydrogens is 1010 g/mol. The van der Waals surface area contributed by atoms with E-state index in [9.17, 15) is 9.59 Å². The van der Waals surface area contributed by atoms with E-state index in [1.165, 1.54) is 0 Å². The van der Waals surface area contributed by atoms with Crippen LogP contribution in [0.2, 0.25) is 65.5 Å². The molecule has 4 radical (unpaired) electrons. The minimum Gasteiger partial charge on any atom is -0.439 e. The Hall–Kier alpha value is -0.511. The number of hydrogen-bond acceptors (Lipinski definition) is 8. The normalized spacial score (nSPS) is 12.3. The van der Waals surface area contributed by atoms with Gasteiger partial charge < -0.3 is 40.2 Å². The number of benzene rings is 4. The van der Waals surface area contributed by atoms with E-state index in [2.05, 4.69) is 39.3 Å². The Labute approximate surface area is 431 Å². The van der Waals surface area contributed by atoms with Crippen molar-refractivity contribution in [2.75, 3.05) is 14.2 Å². The molecule has 3 unspecified atom stereocenters. The summed E-state index contributed by atoms with van der Waals surface area (Å²) in [6.45, 7) is 26.7. The van der Waals surface area contributed by atoms with Crippen LogP contribution in [0.1, 0.15) is 58.5 Å². The minimum atomic E-state index is -1.85. The van der Waals surface area contributed by atoms with E-state index in [0.717, 1.165) is 22.3 Å². The Bertz CT molecular complexity index is 1660. The van der Waals surface area contributed by atoms with Crippen molar-refractivity contribution in [1.82, 2.24) is 0 Å². The zero-order valence-electron chi connectivity index (χ0n) is 40.2. The van der Waals surface area contributed by atoms with Crippen LogP contribution >= 0.6 is 0 Å². The molecule has 0 spiro atoms. The Morgan fingerprint density at radius 3 is 1.21 bits per heavy atom. The summed E-state index contributed by atoms with van der Waals surface area (Å²) >= 11 is 0. The molecular formula is C45H74O8Si6Y2-2. The Morgan fingerprint density at radius 1 is 0.574 bits per heavy atom. The average molecular weight is 1090 g/mol. The summed E-state index contributed by atoms with van der Waals surface area (Å²) in [6.07, 6.45) is 0. The summed E-state index contributed by atoms with van der Waals surface area (Å²) in [5.74, 6) is 0.250. The fraction of sp³-hybridized carbons (Fsp3) is 0.378. The van der Waals surface area contributed by atoms with Crippen molar-refractivity contribution in [3.05, 3.63) is 158 Å². The fourth-order valence-corrected chi connectivity index (χ4v) is 19.0. The van der Waals surface area contributed by atoms with Gasteiger partial charge in [-0.2, -0.15) is 0 Å². The molecule has 0 aliphatic carbocycles. The second-order valence-electron chi connectivity index (χ2n) is 15.2. The maximum atomic E-state index is 12.5. The van der Waals surface area contributed by atoms with Crippen LogP contribution in [0.5, 0.6) is 0 Å². The second-order valence-corrected chi connectivity index (χ2v) is 31.3. The summed E-state index contributed by atoms with van der Waals surface area (Å²) in [5, 5.41) is 0. The van der Waals surface area contributed by atoms with E-state index in [1.54, 1.807) is 14.2 Å². The zero-order chi connectivity index (χ0) is 43.2. The topological polar surface area (TPSA) is 89.5 Å². The van der Waals surface area contributed by atoms with E-state index < -0.39 is 59.2 Å². The molecule has 0 heterocycles. The third kappa shape index (κ3) is 28.2. The third-order valence-electron chi connectivity index (χ3n) is 8.54. The number of rotatable bonds is 16. The smallest absolute Gasteiger partial charge is 0.322 e. The van der Waals surface area contributed by atoms with Crippen molar-refractivity contribution in [2.24, 2.45) is 0 Å². The van der Waals surface area contributed by atoms with Crippen molar-refractivity contribution in [2.45, 2.75) is 97.6 Å². The van der Waals surface area contributed by atoms with Crippen LogP contribution in [-0.4, -0.2) is 79.6 Å². The van der Waals surface area contributed by atoms with Gasteiger partial charge in [0.1, 0.15) is 0 Å². The number of Topliss-reactive ketones (excluding diaryl/α,β-unsaturated/α-hetero) is 2. The van der Waals surface area contributed by atoms with Crippen molar-refractivity contribution in [3.8, 4) is 0 Å². The van der Waals surface area contributed by atoms with Gasteiger partial charge >= 0.3 is 17.1 Å². The van der Waals surface area contributed by atoms with Gasteiger partial charge in [0.15, 0.2) is 29.6 Å². The molecule has 61 heavy (non-hydrogen) atoms. The van der Waals surface area contributed by atoms with Crippen molar-refractivity contribution in [1.29, 1.82) is 0 Å². The molecule has 3 atom stereocenters.